The van der Waals surface area contributed by atoms with Crippen LogP contribution < -0.4 is 19.8 Å². The maximum atomic E-state index is 15.3. The average Bonchev–Trinajstić information content (AvgIpc) is 3.67. The molecule has 12 heteroatoms. The minimum absolute atomic E-state index is 0.108. The van der Waals surface area contributed by atoms with Gasteiger partial charge in [-0.25, -0.2) is 18.7 Å². The van der Waals surface area contributed by atoms with Crippen LogP contribution in [0, 0.1) is 11.7 Å². The summed E-state index contributed by atoms with van der Waals surface area (Å²) in [7, 11) is 2.35. The number of carbonyl (C=O) groups is 1. The number of benzene rings is 2. The number of halogens is 1. The summed E-state index contributed by atoms with van der Waals surface area (Å²) in [6, 6.07) is 9.13. The van der Waals surface area contributed by atoms with Gasteiger partial charge in [0.25, 0.3) is 10.2 Å². The summed E-state index contributed by atoms with van der Waals surface area (Å²) in [6.07, 6.45) is 1.65. The molecule has 4 rings (SSSR count). The molecule has 0 spiro atoms. The predicted molar refractivity (Wildman–Crippen MR) is 142 cm³/mol. The second-order valence-corrected chi connectivity index (χ2v) is 11.3. The van der Waals surface area contributed by atoms with Crippen molar-refractivity contribution in [2.75, 3.05) is 39.5 Å². The molecule has 0 atom stereocenters. The van der Waals surface area contributed by atoms with Crippen molar-refractivity contribution in [2.24, 2.45) is 5.92 Å². The van der Waals surface area contributed by atoms with Gasteiger partial charge in [-0.2, -0.15) is 8.42 Å². The minimum Gasteiger partial charge on any atom is -0.422 e. The summed E-state index contributed by atoms with van der Waals surface area (Å²) in [6.45, 7) is 1.27. The van der Waals surface area contributed by atoms with Crippen LogP contribution in [0.25, 0.3) is 11.0 Å². The van der Waals surface area contributed by atoms with Crippen LogP contribution in [0.15, 0.2) is 45.6 Å². The standard InChI is InChI=1S/C26H31FN4O6S/c1-28-38(34,35)29-22-7-5-6-17(24(22)27)12-20-21(15-31(4)14-16-8-9-16)19-11-10-18(36-26(33)30(2)3)13-23(19)37-25(20)32/h5-7,10-11,13,16,28-29H,8-9,12,14-15H2,1-4H3. The Hall–Kier alpha value is -3.48. The molecule has 1 heterocycles. The second kappa shape index (κ2) is 11.1. The molecular formula is C26H31FN4O6S. The molecule has 0 bridgehead atoms. The fourth-order valence-corrected chi connectivity index (χ4v) is 4.70. The van der Waals surface area contributed by atoms with Gasteiger partial charge in [0.05, 0.1) is 5.69 Å². The first-order valence-corrected chi connectivity index (χ1v) is 13.6. The zero-order chi connectivity index (χ0) is 27.6. The van der Waals surface area contributed by atoms with E-state index < -0.39 is 27.7 Å². The molecule has 0 unspecified atom stereocenters. The number of rotatable bonds is 10. The lowest BCUT2D eigenvalue weighted by Gasteiger charge is -2.20. The highest BCUT2D eigenvalue weighted by Crippen LogP contribution is 2.32. The van der Waals surface area contributed by atoms with Crippen LogP contribution in [0.5, 0.6) is 5.75 Å². The van der Waals surface area contributed by atoms with Crippen molar-refractivity contribution in [3.05, 3.63) is 69.3 Å². The number of ether oxygens (including phenoxy) is 1. The van der Waals surface area contributed by atoms with E-state index in [1.54, 1.807) is 26.2 Å². The number of hydrogen-bond donors (Lipinski definition) is 2. The topological polar surface area (TPSA) is 121 Å². The Kier molecular flexibility index (Phi) is 8.05. The first-order valence-electron chi connectivity index (χ1n) is 12.1. The van der Waals surface area contributed by atoms with Gasteiger partial charge in [0.2, 0.25) is 0 Å². The van der Waals surface area contributed by atoms with E-state index in [1.807, 2.05) is 7.05 Å². The van der Waals surface area contributed by atoms with E-state index >= 15 is 4.39 Å². The van der Waals surface area contributed by atoms with Gasteiger partial charge in [0, 0.05) is 57.7 Å². The van der Waals surface area contributed by atoms with Crippen molar-refractivity contribution < 1.29 is 26.8 Å². The number of amides is 1. The SMILES string of the molecule is CNS(=O)(=O)Nc1cccc(Cc2c(CN(C)CC3CC3)c3ccc(OC(=O)N(C)C)cc3oc2=O)c1F. The van der Waals surface area contributed by atoms with Crippen LogP contribution in [-0.4, -0.2) is 59.0 Å². The molecule has 3 aromatic rings. The first kappa shape index (κ1) is 27.6. The molecule has 1 saturated carbocycles. The smallest absolute Gasteiger partial charge is 0.414 e. The molecule has 38 heavy (non-hydrogen) atoms. The maximum Gasteiger partial charge on any atom is 0.414 e. The Morgan fingerprint density at radius 2 is 1.89 bits per heavy atom. The summed E-state index contributed by atoms with van der Waals surface area (Å²) in [5, 5.41) is 0.638. The maximum absolute atomic E-state index is 15.3. The largest absolute Gasteiger partial charge is 0.422 e. The molecule has 1 aromatic heterocycles. The zero-order valence-corrected chi connectivity index (χ0v) is 22.5. The van der Waals surface area contributed by atoms with Gasteiger partial charge in [-0.1, -0.05) is 12.1 Å². The number of anilines is 1. The van der Waals surface area contributed by atoms with Crippen molar-refractivity contribution in [1.29, 1.82) is 0 Å². The lowest BCUT2D eigenvalue weighted by atomic mass is 9.97. The fraction of sp³-hybridized carbons (Fsp3) is 0.385. The third-order valence-corrected chi connectivity index (χ3v) is 7.34. The lowest BCUT2D eigenvalue weighted by Crippen LogP contribution is -2.27. The van der Waals surface area contributed by atoms with Crippen LogP contribution >= 0.6 is 0 Å². The fourth-order valence-electron chi connectivity index (χ4n) is 4.16. The van der Waals surface area contributed by atoms with Gasteiger partial charge in [0.15, 0.2) is 5.82 Å². The van der Waals surface area contributed by atoms with E-state index in [9.17, 15) is 18.0 Å². The van der Waals surface area contributed by atoms with Gasteiger partial charge in [-0.05, 0) is 55.1 Å². The van der Waals surface area contributed by atoms with E-state index in [-0.39, 0.29) is 34.6 Å². The van der Waals surface area contributed by atoms with Crippen LogP contribution in [0.4, 0.5) is 14.9 Å². The normalized spacial score (nSPS) is 13.6. The summed E-state index contributed by atoms with van der Waals surface area (Å²) < 4.78 is 54.3. The van der Waals surface area contributed by atoms with Crippen molar-refractivity contribution in [2.45, 2.75) is 25.8 Å². The quantitative estimate of drug-likeness (QED) is 0.374. The molecule has 1 aliphatic carbocycles. The van der Waals surface area contributed by atoms with Crippen molar-refractivity contribution in [1.82, 2.24) is 14.5 Å². The second-order valence-electron chi connectivity index (χ2n) is 9.67. The van der Waals surface area contributed by atoms with Gasteiger partial charge in [-0.3, -0.25) is 4.72 Å². The minimum atomic E-state index is -3.94. The Morgan fingerprint density at radius 1 is 1.16 bits per heavy atom. The van der Waals surface area contributed by atoms with Gasteiger partial charge in [0.1, 0.15) is 11.3 Å². The summed E-state index contributed by atoms with van der Waals surface area (Å²) in [5.41, 5.74) is 0.436. The van der Waals surface area contributed by atoms with E-state index in [0.29, 0.717) is 23.4 Å². The Labute approximate surface area is 220 Å². The van der Waals surface area contributed by atoms with Crippen LogP contribution in [-0.2, 0) is 23.2 Å². The zero-order valence-electron chi connectivity index (χ0n) is 21.7. The number of nitrogens with one attached hydrogen (secondary N) is 2. The van der Waals surface area contributed by atoms with E-state index in [0.717, 1.165) is 19.4 Å². The number of nitrogens with zero attached hydrogens (tertiary/aromatic N) is 2. The summed E-state index contributed by atoms with van der Waals surface area (Å²) in [5.74, 6) is 0.0511. The lowest BCUT2D eigenvalue weighted by molar-refractivity contribution is 0.172. The van der Waals surface area contributed by atoms with Gasteiger partial charge in [-0.15, -0.1) is 0 Å². The molecule has 0 radical (unpaired) electrons. The molecule has 1 fully saturated rings. The van der Waals surface area contributed by atoms with E-state index in [2.05, 4.69) is 14.3 Å². The monoisotopic (exact) mass is 546 g/mol. The Morgan fingerprint density at radius 3 is 2.55 bits per heavy atom. The Balaban J connectivity index is 1.76. The highest BCUT2D eigenvalue weighted by Gasteiger charge is 2.25. The highest BCUT2D eigenvalue weighted by atomic mass is 32.2. The number of fused-ring (bicyclic) bond motifs is 1. The van der Waals surface area contributed by atoms with E-state index in [1.165, 1.54) is 36.2 Å². The highest BCUT2D eigenvalue weighted by molar-refractivity contribution is 7.90. The number of hydrogen-bond acceptors (Lipinski definition) is 7. The van der Waals surface area contributed by atoms with Crippen LogP contribution in [0.3, 0.4) is 0 Å². The summed E-state index contributed by atoms with van der Waals surface area (Å²) in [4.78, 5) is 28.6. The molecule has 204 valence electrons. The van der Waals surface area contributed by atoms with Crippen molar-refractivity contribution in [3.63, 3.8) is 0 Å². The molecule has 0 aliphatic heterocycles. The molecule has 2 N–H and O–H groups in total. The third-order valence-electron chi connectivity index (χ3n) is 6.32. The van der Waals surface area contributed by atoms with Crippen LogP contribution in [0.1, 0.15) is 29.5 Å². The average molecular weight is 547 g/mol. The van der Waals surface area contributed by atoms with Gasteiger partial charge < -0.3 is 19.0 Å². The molecule has 1 amide bonds. The van der Waals surface area contributed by atoms with Crippen LogP contribution in [0.2, 0.25) is 0 Å². The molecule has 0 saturated heterocycles. The van der Waals surface area contributed by atoms with Gasteiger partial charge >= 0.3 is 11.7 Å². The van der Waals surface area contributed by atoms with E-state index in [4.69, 9.17) is 9.15 Å². The van der Waals surface area contributed by atoms with Crippen molar-refractivity contribution >= 4 is 33.0 Å². The molecular weight excluding hydrogens is 515 g/mol. The molecule has 1 aliphatic rings. The summed E-state index contributed by atoms with van der Waals surface area (Å²) >= 11 is 0. The third kappa shape index (κ3) is 6.50. The Bertz CT molecular complexity index is 1520. The van der Waals surface area contributed by atoms with Crippen molar-refractivity contribution in [3.8, 4) is 5.75 Å². The predicted octanol–water partition coefficient (Wildman–Crippen LogP) is 3.30. The number of carbonyl (C=O) groups excluding carboxylic acids is 1. The first-order chi connectivity index (χ1) is 18.0. The molecule has 10 nitrogen and oxygen atoms in total. The molecule has 2 aromatic carbocycles.